The second-order valence-electron chi connectivity index (χ2n) is 3.98. The minimum atomic E-state index is -1.31. The molecule has 0 spiro atoms. The van der Waals surface area contributed by atoms with Gasteiger partial charge < -0.3 is 21.1 Å². The molecule has 0 heterocycles. The van der Waals surface area contributed by atoms with Crippen LogP contribution in [0.4, 0.5) is 0 Å². The number of nitrogens with two attached hydrogens (primary N) is 1. The van der Waals surface area contributed by atoms with Crippen LogP contribution in [0, 0.1) is 0 Å². The number of thiol groups is 1. The zero-order chi connectivity index (χ0) is 15.7. The number of aliphatic hydroxyl groups is 1. The van der Waals surface area contributed by atoms with E-state index in [-0.39, 0.29) is 24.3 Å². The summed E-state index contributed by atoms with van der Waals surface area (Å²) in [6, 6.07) is -2.02. The van der Waals surface area contributed by atoms with Crippen molar-refractivity contribution in [2.24, 2.45) is 5.73 Å². The largest absolute Gasteiger partial charge is 0.480 e. The quantitative estimate of drug-likeness (QED) is 0.202. The minimum absolute atomic E-state index is 0.0191. The molecule has 6 N–H and O–H groups in total. The summed E-state index contributed by atoms with van der Waals surface area (Å²) in [6.07, 6.45) is -1.38. The van der Waals surface area contributed by atoms with Crippen LogP contribution >= 0.6 is 24.6 Å². The van der Waals surface area contributed by atoms with Gasteiger partial charge in [0, 0.05) is 5.75 Å². The summed E-state index contributed by atoms with van der Waals surface area (Å²) in [5, 5.41) is 26.8. The van der Waals surface area contributed by atoms with Gasteiger partial charge in [0.15, 0.2) is 5.78 Å². The van der Waals surface area contributed by atoms with E-state index in [9.17, 15) is 19.5 Å². The Kier molecular flexibility index (Phi) is 9.59. The van der Waals surface area contributed by atoms with E-state index in [2.05, 4.69) is 17.4 Å². The van der Waals surface area contributed by atoms with E-state index in [0.717, 1.165) is 11.9 Å². The highest BCUT2D eigenvalue weighted by Gasteiger charge is 2.20. The topological polar surface area (TPSA) is 150 Å². The maximum atomic E-state index is 11.5. The molecule has 0 aliphatic rings. The third-order valence-corrected chi connectivity index (χ3v) is 3.61. The fourth-order valence-corrected chi connectivity index (χ4v) is 2.27. The van der Waals surface area contributed by atoms with Crippen LogP contribution in [0.1, 0.15) is 12.8 Å². The monoisotopic (exact) mass is 326 g/mol. The van der Waals surface area contributed by atoms with Gasteiger partial charge in [-0.1, -0.05) is 11.9 Å². The average Bonchev–Trinajstić information content (AvgIpc) is 2.39. The second kappa shape index (κ2) is 10.00. The molecule has 0 amide bonds. The van der Waals surface area contributed by atoms with Gasteiger partial charge in [-0.3, -0.25) is 14.4 Å². The number of nitrogens with one attached hydrogen (secondary N) is 1. The van der Waals surface area contributed by atoms with Crippen molar-refractivity contribution in [1.82, 2.24) is 4.72 Å². The van der Waals surface area contributed by atoms with Gasteiger partial charge in [-0.2, -0.15) is 12.6 Å². The average molecular weight is 326 g/mol. The fraction of sp³-hybridized carbons (Fsp3) is 0.700. The number of carbonyl (C=O) groups excluding carboxylic acids is 1. The van der Waals surface area contributed by atoms with E-state index in [1.54, 1.807) is 0 Å². The molecule has 0 rings (SSSR count). The van der Waals surface area contributed by atoms with E-state index in [0.29, 0.717) is 0 Å². The van der Waals surface area contributed by atoms with E-state index in [1.807, 2.05) is 0 Å². The molecule has 0 fully saturated rings. The normalized spacial score (nSPS) is 15.3. The molecule has 8 nitrogen and oxygen atoms in total. The molecule has 116 valence electrons. The van der Waals surface area contributed by atoms with Gasteiger partial charge in [0.2, 0.25) is 0 Å². The molecule has 0 aromatic rings. The zero-order valence-electron chi connectivity index (χ0n) is 10.6. The van der Waals surface area contributed by atoms with Crippen LogP contribution in [0.25, 0.3) is 0 Å². The van der Waals surface area contributed by atoms with E-state index >= 15 is 0 Å². The molecular weight excluding hydrogens is 308 g/mol. The first-order chi connectivity index (χ1) is 9.29. The summed E-state index contributed by atoms with van der Waals surface area (Å²) in [6.45, 7) is 0. The number of carbonyl (C=O) groups is 3. The van der Waals surface area contributed by atoms with Crippen molar-refractivity contribution in [2.75, 3.05) is 11.5 Å². The Hall–Kier alpha value is -0.810. The molecule has 0 aliphatic heterocycles. The highest BCUT2D eigenvalue weighted by Crippen LogP contribution is 2.06. The Morgan fingerprint density at radius 3 is 2.25 bits per heavy atom. The molecule has 20 heavy (non-hydrogen) atoms. The summed E-state index contributed by atoms with van der Waals surface area (Å²) in [4.78, 5) is 32.6. The first-order valence-corrected chi connectivity index (χ1v) is 7.31. The molecule has 1 unspecified atom stereocenters. The maximum absolute atomic E-state index is 11.5. The summed E-state index contributed by atoms with van der Waals surface area (Å²) >= 11 is 4.69. The van der Waals surface area contributed by atoms with Crippen LogP contribution in [-0.2, 0) is 14.4 Å². The van der Waals surface area contributed by atoms with Crippen LogP contribution in [0.15, 0.2) is 0 Å². The third-order valence-electron chi connectivity index (χ3n) is 2.36. The van der Waals surface area contributed by atoms with Crippen molar-refractivity contribution in [2.45, 2.75) is 31.0 Å². The Morgan fingerprint density at radius 2 is 1.80 bits per heavy atom. The SMILES string of the molecule is N[C@@H](CCC(O)C(=O)CSN[C@@H](CS)C(=O)O)C(=O)O. The zero-order valence-corrected chi connectivity index (χ0v) is 12.3. The Morgan fingerprint density at radius 1 is 1.20 bits per heavy atom. The highest BCUT2D eigenvalue weighted by atomic mass is 32.2. The Bertz CT molecular complexity index is 355. The van der Waals surface area contributed by atoms with E-state index in [4.69, 9.17) is 15.9 Å². The summed E-state index contributed by atoms with van der Waals surface area (Å²) in [7, 11) is 0. The molecule has 0 saturated heterocycles. The number of carboxylic acid groups (broad SMARTS) is 2. The number of Topliss-reactive ketones (excluding diaryl/α,β-unsaturated/α-hetero) is 1. The van der Waals surface area contributed by atoms with Crippen molar-refractivity contribution < 1.29 is 29.7 Å². The third kappa shape index (κ3) is 7.70. The lowest BCUT2D eigenvalue weighted by atomic mass is 10.1. The molecule has 10 heteroatoms. The molecule has 3 atom stereocenters. The summed E-state index contributed by atoms with van der Waals surface area (Å²) < 4.78 is 2.53. The Labute approximate surface area is 125 Å². The number of hydrogen-bond donors (Lipinski definition) is 6. The van der Waals surface area contributed by atoms with Gasteiger partial charge in [0.1, 0.15) is 18.2 Å². The lowest BCUT2D eigenvalue weighted by molar-refractivity contribution is -0.139. The summed E-state index contributed by atoms with van der Waals surface area (Å²) in [5.74, 6) is -2.89. The van der Waals surface area contributed by atoms with E-state index < -0.39 is 35.9 Å². The molecule has 0 aliphatic carbocycles. The Balaban J connectivity index is 3.96. The first kappa shape index (κ1) is 19.2. The van der Waals surface area contributed by atoms with Crippen LogP contribution in [0.3, 0.4) is 0 Å². The van der Waals surface area contributed by atoms with Crippen molar-refractivity contribution >= 4 is 42.3 Å². The second-order valence-corrected chi connectivity index (χ2v) is 5.16. The number of aliphatic hydroxyl groups excluding tert-OH is 1. The van der Waals surface area contributed by atoms with E-state index in [1.165, 1.54) is 0 Å². The van der Waals surface area contributed by atoms with Crippen molar-refractivity contribution in [1.29, 1.82) is 0 Å². The number of hydrogen-bond acceptors (Lipinski definition) is 8. The van der Waals surface area contributed by atoms with Crippen LogP contribution in [0.5, 0.6) is 0 Å². The lowest BCUT2D eigenvalue weighted by Crippen LogP contribution is -2.36. The molecule has 0 aromatic carbocycles. The smallest absolute Gasteiger partial charge is 0.322 e. The van der Waals surface area contributed by atoms with Crippen LogP contribution < -0.4 is 10.5 Å². The highest BCUT2D eigenvalue weighted by molar-refractivity contribution is 7.98. The first-order valence-electron chi connectivity index (χ1n) is 5.69. The standard InChI is InChI=1S/C10H18N2O6S2/c11-5(9(15)16)1-2-7(13)8(14)4-20-12-6(3-19)10(17)18/h5-7,12-13,19H,1-4,11H2,(H,15,16)(H,17,18)/t5-,6-,7?/m0/s1. The summed E-state index contributed by atoms with van der Waals surface area (Å²) in [5.41, 5.74) is 5.24. The molecule has 0 bridgehead atoms. The molecule has 0 aromatic heterocycles. The maximum Gasteiger partial charge on any atom is 0.322 e. The number of rotatable bonds is 11. The van der Waals surface area contributed by atoms with Gasteiger partial charge in [-0.05, 0) is 12.8 Å². The van der Waals surface area contributed by atoms with Crippen LogP contribution in [-0.4, -0.2) is 62.7 Å². The number of carboxylic acids is 2. The predicted molar refractivity (Wildman–Crippen MR) is 76.7 cm³/mol. The van der Waals surface area contributed by atoms with Gasteiger partial charge in [0.25, 0.3) is 0 Å². The molecule has 0 saturated carbocycles. The van der Waals surface area contributed by atoms with Crippen LogP contribution in [0.2, 0.25) is 0 Å². The van der Waals surface area contributed by atoms with Crippen molar-refractivity contribution in [3.63, 3.8) is 0 Å². The minimum Gasteiger partial charge on any atom is -0.480 e. The predicted octanol–water partition coefficient (Wildman–Crippen LogP) is -1.27. The number of ketones is 1. The fourth-order valence-electron chi connectivity index (χ4n) is 1.10. The van der Waals surface area contributed by atoms with Gasteiger partial charge in [0.05, 0.1) is 5.75 Å². The van der Waals surface area contributed by atoms with Gasteiger partial charge >= 0.3 is 11.9 Å². The lowest BCUT2D eigenvalue weighted by Gasteiger charge is -2.13. The molecule has 0 radical (unpaired) electrons. The van der Waals surface area contributed by atoms with Crippen molar-refractivity contribution in [3.8, 4) is 0 Å². The van der Waals surface area contributed by atoms with Gasteiger partial charge in [-0.25, -0.2) is 4.72 Å². The van der Waals surface area contributed by atoms with Gasteiger partial charge in [-0.15, -0.1) is 0 Å². The number of aliphatic carboxylic acids is 2. The van der Waals surface area contributed by atoms with Crippen molar-refractivity contribution in [3.05, 3.63) is 0 Å². The molecular formula is C10H18N2O6S2.